The second kappa shape index (κ2) is 6.74. The highest BCUT2D eigenvalue weighted by molar-refractivity contribution is 9.10. The number of nitrogens with one attached hydrogen (secondary N) is 1. The predicted molar refractivity (Wildman–Crippen MR) is 86.7 cm³/mol. The molecule has 1 amide bonds. The molecule has 5 heteroatoms. The Bertz CT molecular complexity index is 641. The van der Waals surface area contributed by atoms with Crippen molar-refractivity contribution in [1.29, 1.82) is 0 Å². The first-order valence-corrected chi connectivity index (χ1v) is 7.35. The average molecular weight is 349 g/mol. The molecule has 0 aromatic heterocycles. The molecule has 0 fully saturated rings. The lowest BCUT2D eigenvalue weighted by Gasteiger charge is -2.13. The molecule has 0 spiro atoms. The molecule has 0 aliphatic rings. The van der Waals surface area contributed by atoms with E-state index in [1.165, 1.54) is 5.56 Å². The quantitative estimate of drug-likeness (QED) is 0.867. The molecule has 0 saturated carbocycles. The zero-order chi connectivity index (χ0) is 15.4. The van der Waals surface area contributed by atoms with E-state index in [4.69, 9.17) is 10.5 Å². The molecule has 0 aliphatic heterocycles. The van der Waals surface area contributed by atoms with Crippen molar-refractivity contribution in [3.8, 4) is 11.5 Å². The number of carbonyl (C=O) groups is 1. The Balaban J connectivity index is 2.17. The number of primary amides is 1. The SMILES string of the molecule is CNC(C)c1ccc(Oc2ccc(C(N)=O)cc2)c(Br)c1. The van der Waals surface area contributed by atoms with E-state index >= 15 is 0 Å². The average Bonchev–Trinajstić information content (AvgIpc) is 2.49. The maximum absolute atomic E-state index is 11.0. The van der Waals surface area contributed by atoms with Crippen molar-refractivity contribution in [1.82, 2.24) is 5.32 Å². The van der Waals surface area contributed by atoms with E-state index in [2.05, 4.69) is 28.2 Å². The molecule has 21 heavy (non-hydrogen) atoms. The number of rotatable bonds is 5. The topological polar surface area (TPSA) is 64.3 Å². The molecular weight excluding hydrogens is 332 g/mol. The maximum atomic E-state index is 11.0. The van der Waals surface area contributed by atoms with Gasteiger partial charge in [0, 0.05) is 11.6 Å². The van der Waals surface area contributed by atoms with Crippen LogP contribution in [0.1, 0.15) is 28.9 Å². The van der Waals surface area contributed by atoms with Crippen LogP contribution >= 0.6 is 15.9 Å². The van der Waals surface area contributed by atoms with Gasteiger partial charge in [-0.1, -0.05) is 6.07 Å². The Morgan fingerprint density at radius 3 is 2.43 bits per heavy atom. The summed E-state index contributed by atoms with van der Waals surface area (Å²) in [5.74, 6) is 0.914. The van der Waals surface area contributed by atoms with E-state index in [0.717, 1.165) is 4.47 Å². The highest BCUT2D eigenvalue weighted by atomic mass is 79.9. The van der Waals surface area contributed by atoms with Crippen molar-refractivity contribution in [2.75, 3.05) is 7.05 Å². The summed E-state index contributed by atoms with van der Waals surface area (Å²) < 4.78 is 6.67. The lowest BCUT2D eigenvalue weighted by Crippen LogP contribution is -2.12. The fraction of sp³-hybridized carbons (Fsp3) is 0.188. The Kier molecular flexibility index (Phi) is 4.98. The molecule has 0 aliphatic carbocycles. The van der Waals surface area contributed by atoms with Crippen molar-refractivity contribution >= 4 is 21.8 Å². The van der Waals surface area contributed by atoms with Gasteiger partial charge < -0.3 is 15.8 Å². The number of halogens is 1. The summed E-state index contributed by atoms with van der Waals surface area (Å²) in [7, 11) is 1.92. The number of ether oxygens (including phenoxy) is 1. The third-order valence-electron chi connectivity index (χ3n) is 3.26. The first-order valence-electron chi connectivity index (χ1n) is 6.55. The van der Waals surface area contributed by atoms with E-state index in [1.807, 2.05) is 25.2 Å². The first-order chi connectivity index (χ1) is 10.0. The summed E-state index contributed by atoms with van der Waals surface area (Å²) in [5.41, 5.74) is 6.83. The molecule has 0 heterocycles. The summed E-state index contributed by atoms with van der Waals surface area (Å²) >= 11 is 3.51. The lowest BCUT2D eigenvalue weighted by molar-refractivity contribution is 0.100. The number of nitrogens with two attached hydrogens (primary N) is 1. The van der Waals surface area contributed by atoms with Gasteiger partial charge in [0.25, 0.3) is 0 Å². The van der Waals surface area contributed by atoms with Gasteiger partial charge in [0.15, 0.2) is 0 Å². The molecule has 0 radical (unpaired) electrons. The van der Waals surface area contributed by atoms with Crippen molar-refractivity contribution in [2.45, 2.75) is 13.0 Å². The highest BCUT2D eigenvalue weighted by Gasteiger charge is 2.08. The van der Waals surface area contributed by atoms with Crippen LogP contribution in [0.3, 0.4) is 0 Å². The van der Waals surface area contributed by atoms with Gasteiger partial charge in [0.1, 0.15) is 11.5 Å². The molecule has 4 nitrogen and oxygen atoms in total. The normalized spacial score (nSPS) is 12.0. The van der Waals surface area contributed by atoms with Crippen LogP contribution < -0.4 is 15.8 Å². The summed E-state index contributed by atoms with van der Waals surface area (Å²) in [6, 6.07) is 12.9. The summed E-state index contributed by atoms with van der Waals surface area (Å²) in [4.78, 5) is 11.0. The van der Waals surface area contributed by atoms with Gasteiger partial charge in [-0.15, -0.1) is 0 Å². The van der Waals surface area contributed by atoms with Gasteiger partial charge in [-0.25, -0.2) is 0 Å². The number of carbonyl (C=O) groups excluding carboxylic acids is 1. The minimum Gasteiger partial charge on any atom is -0.456 e. The summed E-state index contributed by atoms with van der Waals surface area (Å²) in [6.07, 6.45) is 0. The first kappa shape index (κ1) is 15.5. The second-order valence-corrected chi connectivity index (χ2v) is 5.55. The standard InChI is InChI=1S/C16H17BrN2O2/c1-10(19-2)12-5-8-15(14(17)9-12)21-13-6-3-11(4-7-13)16(18)20/h3-10,19H,1-2H3,(H2,18,20). The van der Waals surface area contributed by atoms with Crippen LogP contribution in [0.5, 0.6) is 11.5 Å². The number of hydrogen-bond donors (Lipinski definition) is 2. The van der Waals surface area contributed by atoms with E-state index in [9.17, 15) is 4.79 Å². The molecule has 2 aromatic carbocycles. The highest BCUT2D eigenvalue weighted by Crippen LogP contribution is 2.32. The van der Waals surface area contributed by atoms with Gasteiger partial charge in [-0.2, -0.15) is 0 Å². The van der Waals surface area contributed by atoms with Crippen LogP contribution in [0, 0.1) is 0 Å². The number of amides is 1. The van der Waals surface area contributed by atoms with Crippen LogP contribution in [0.25, 0.3) is 0 Å². The zero-order valence-corrected chi connectivity index (χ0v) is 13.5. The largest absolute Gasteiger partial charge is 0.456 e. The Morgan fingerprint density at radius 2 is 1.90 bits per heavy atom. The lowest BCUT2D eigenvalue weighted by atomic mass is 10.1. The Morgan fingerprint density at radius 1 is 1.24 bits per heavy atom. The van der Waals surface area contributed by atoms with Crippen LogP contribution in [0.15, 0.2) is 46.9 Å². The summed E-state index contributed by atoms with van der Waals surface area (Å²) in [6.45, 7) is 2.09. The van der Waals surface area contributed by atoms with Crippen molar-refractivity contribution in [2.24, 2.45) is 5.73 Å². The number of benzene rings is 2. The smallest absolute Gasteiger partial charge is 0.248 e. The monoisotopic (exact) mass is 348 g/mol. The second-order valence-electron chi connectivity index (χ2n) is 4.69. The van der Waals surface area contributed by atoms with Gasteiger partial charge in [-0.3, -0.25) is 4.79 Å². The molecular formula is C16H17BrN2O2. The van der Waals surface area contributed by atoms with Gasteiger partial charge in [0.2, 0.25) is 5.91 Å². The minimum atomic E-state index is -0.451. The van der Waals surface area contributed by atoms with Crippen LogP contribution in [-0.2, 0) is 0 Å². The fourth-order valence-electron chi connectivity index (χ4n) is 1.85. The Hall–Kier alpha value is -1.85. The minimum absolute atomic E-state index is 0.269. The third-order valence-corrected chi connectivity index (χ3v) is 3.88. The van der Waals surface area contributed by atoms with Crippen molar-refractivity contribution in [3.05, 3.63) is 58.1 Å². The Labute approximate surface area is 132 Å². The van der Waals surface area contributed by atoms with Crippen LogP contribution in [0.4, 0.5) is 0 Å². The zero-order valence-electron chi connectivity index (χ0n) is 11.9. The van der Waals surface area contributed by atoms with Crippen LogP contribution in [0.2, 0.25) is 0 Å². The van der Waals surface area contributed by atoms with Crippen LogP contribution in [-0.4, -0.2) is 13.0 Å². The molecule has 110 valence electrons. The predicted octanol–water partition coefficient (Wildman–Crippen LogP) is 3.62. The molecule has 1 unspecified atom stereocenters. The molecule has 3 N–H and O–H groups in total. The fourth-order valence-corrected chi connectivity index (χ4v) is 2.33. The molecule has 1 atom stereocenters. The van der Waals surface area contributed by atoms with Crippen molar-refractivity contribution < 1.29 is 9.53 Å². The van der Waals surface area contributed by atoms with E-state index in [0.29, 0.717) is 17.1 Å². The molecule has 0 saturated heterocycles. The van der Waals surface area contributed by atoms with E-state index in [-0.39, 0.29) is 6.04 Å². The van der Waals surface area contributed by atoms with Gasteiger partial charge in [0.05, 0.1) is 4.47 Å². The third kappa shape index (κ3) is 3.83. The van der Waals surface area contributed by atoms with Crippen molar-refractivity contribution in [3.63, 3.8) is 0 Å². The van der Waals surface area contributed by atoms with E-state index in [1.54, 1.807) is 24.3 Å². The molecule has 2 aromatic rings. The van der Waals surface area contributed by atoms with Gasteiger partial charge in [-0.05, 0) is 71.9 Å². The maximum Gasteiger partial charge on any atom is 0.248 e. The number of hydrogen-bond acceptors (Lipinski definition) is 3. The molecule has 2 rings (SSSR count). The molecule has 0 bridgehead atoms. The van der Waals surface area contributed by atoms with E-state index < -0.39 is 5.91 Å². The summed E-state index contributed by atoms with van der Waals surface area (Å²) in [5, 5.41) is 3.19. The van der Waals surface area contributed by atoms with Gasteiger partial charge >= 0.3 is 0 Å².